The molecule has 168 valence electrons. The molecule has 1 saturated carbocycles. The van der Waals surface area contributed by atoms with E-state index in [1.165, 1.54) is 22.7 Å². The molecule has 10 heteroatoms. The Balaban J connectivity index is 1.22. The molecule has 8 nitrogen and oxygen atoms in total. The highest BCUT2D eigenvalue weighted by atomic mass is 32.1. The molecule has 1 aliphatic heterocycles. The summed E-state index contributed by atoms with van der Waals surface area (Å²) >= 11 is 2.82. The van der Waals surface area contributed by atoms with Crippen LogP contribution < -0.4 is 11.1 Å². The van der Waals surface area contributed by atoms with E-state index in [0.717, 1.165) is 27.4 Å². The molecule has 0 bridgehead atoms. The number of nitrogens with one attached hydrogen (secondary N) is 1. The number of nitrogens with zero attached hydrogens (tertiary/aromatic N) is 4. The van der Waals surface area contributed by atoms with Gasteiger partial charge in [0.15, 0.2) is 10.1 Å². The van der Waals surface area contributed by atoms with Crippen molar-refractivity contribution in [3.63, 3.8) is 0 Å². The Bertz CT molecular complexity index is 1360. The topological polar surface area (TPSA) is 106 Å². The molecule has 4 heterocycles. The molecular weight excluding hydrogens is 456 g/mol. The smallest absolute Gasteiger partial charge is 0.274 e. The fraction of sp³-hybridized carbons (Fsp3) is 0.304. The average molecular weight is 479 g/mol. The second kappa shape index (κ2) is 7.67. The van der Waals surface area contributed by atoms with E-state index in [2.05, 4.69) is 15.3 Å². The van der Waals surface area contributed by atoms with Crippen molar-refractivity contribution in [1.82, 2.24) is 24.6 Å². The predicted octanol–water partition coefficient (Wildman–Crippen LogP) is 3.30. The molecule has 3 aromatic heterocycles. The lowest BCUT2D eigenvalue weighted by Gasteiger charge is -2.27. The van der Waals surface area contributed by atoms with E-state index in [1.807, 2.05) is 52.1 Å². The zero-order valence-electron chi connectivity index (χ0n) is 17.9. The minimum atomic E-state index is -0.222. The van der Waals surface area contributed by atoms with Gasteiger partial charge in [0.1, 0.15) is 11.4 Å². The zero-order valence-corrected chi connectivity index (χ0v) is 19.5. The molecular formula is C23H22N6O2S2. The standard InChI is InChI=1S/C23H22N6O2S2/c1-12-3-2-4-13(7-12)19-18(27-22(24)33-19)21(31)29-10-14-8-15(14)17(29)9-25-20(30)16-11-28-5-6-32-23(28)26-16/h2-7,11,14-15,17H,8-10H2,1H3,(H2,24,27)(H,25,30)/t14-,15-,17-/m1/s1. The molecule has 1 saturated heterocycles. The molecule has 0 spiro atoms. The van der Waals surface area contributed by atoms with E-state index in [0.29, 0.717) is 41.4 Å². The van der Waals surface area contributed by atoms with Gasteiger partial charge in [0.05, 0.1) is 10.9 Å². The average Bonchev–Trinajstić information content (AvgIpc) is 3.17. The third kappa shape index (κ3) is 3.59. The minimum absolute atomic E-state index is 0.0523. The Morgan fingerprint density at radius 2 is 2.18 bits per heavy atom. The number of imidazole rings is 1. The van der Waals surface area contributed by atoms with Crippen LogP contribution in [0.3, 0.4) is 0 Å². The molecule has 1 aromatic carbocycles. The SMILES string of the molecule is Cc1cccc(-c2sc(N)nc2C(=O)N2C[C@H]3C[C@H]3[C@H]2CNC(=O)c2cn3ccsc3n2)c1. The van der Waals surface area contributed by atoms with Gasteiger partial charge < -0.3 is 16.0 Å². The van der Waals surface area contributed by atoms with Crippen LogP contribution in [0.25, 0.3) is 15.4 Å². The van der Waals surface area contributed by atoms with Crippen molar-refractivity contribution in [2.75, 3.05) is 18.8 Å². The fourth-order valence-electron chi connectivity index (χ4n) is 4.79. The van der Waals surface area contributed by atoms with Crippen LogP contribution in [0.15, 0.2) is 42.0 Å². The number of nitrogen functional groups attached to an aromatic ring is 1. The number of benzene rings is 1. The van der Waals surface area contributed by atoms with Crippen LogP contribution in [-0.4, -0.2) is 50.2 Å². The van der Waals surface area contributed by atoms with E-state index >= 15 is 0 Å². The Morgan fingerprint density at radius 1 is 1.30 bits per heavy atom. The first kappa shape index (κ1) is 20.4. The van der Waals surface area contributed by atoms with Crippen molar-refractivity contribution >= 4 is 44.6 Å². The number of amides is 2. The van der Waals surface area contributed by atoms with Crippen LogP contribution in [0.4, 0.5) is 5.13 Å². The van der Waals surface area contributed by atoms with Gasteiger partial charge in [0.2, 0.25) is 0 Å². The molecule has 3 N–H and O–H groups in total. The van der Waals surface area contributed by atoms with Crippen molar-refractivity contribution in [3.8, 4) is 10.4 Å². The maximum atomic E-state index is 13.6. The first-order valence-corrected chi connectivity index (χ1v) is 12.5. The van der Waals surface area contributed by atoms with Crippen molar-refractivity contribution in [2.24, 2.45) is 11.8 Å². The van der Waals surface area contributed by atoms with E-state index in [9.17, 15) is 9.59 Å². The summed E-state index contributed by atoms with van der Waals surface area (Å²) in [5, 5.41) is 5.30. The molecule has 0 unspecified atom stereocenters. The van der Waals surface area contributed by atoms with Gasteiger partial charge in [-0.1, -0.05) is 41.2 Å². The lowest BCUT2D eigenvalue weighted by Crippen LogP contribution is -2.45. The first-order valence-electron chi connectivity index (χ1n) is 10.8. The lowest BCUT2D eigenvalue weighted by molar-refractivity contribution is 0.0690. The maximum Gasteiger partial charge on any atom is 0.274 e. The molecule has 2 amide bonds. The maximum absolute atomic E-state index is 13.6. The third-order valence-electron chi connectivity index (χ3n) is 6.49. The third-order valence-corrected chi connectivity index (χ3v) is 8.19. The largest absolute Gasteiger partial charge is 0.375 e. The number of carbonyl (C=O) groups excluding carboxylic acids is 2. The second-order valence-electron chi connectivity index (χ2n) is 8.71. The molecule has 6 rings (SSSR count). The summed E-state index contributed by atoms with van der Waals surface area (Å²) in [6, 6.07) is 7.96. The van der Waals surface area contributed by atoms with Gasteiger partial charge in [-0.3, -0.25) is 14.0 Å². The van der Waals surface area contributed by atoms with Crippen molar-refractivity contribution < 1.29 is 9.59 Å². The molecule has 2 fully saturated rings. The summed E-state index contributed by atoms with van der Waals surface area (Å²) in [7, 11) is 0. The van der Waals surface area contributed by atoms with Gasteiger partial charge in [0.25, 0.3) is 11.8 Å². The van der Waals surface area contributed by atoms with Crippen LogP contribution in [0.2, 0.25) is 0 Å². The summed E-state index contributed by atoms with van der Waals surface area (Å²) < 4.78 is 1.83. The number of fused-ring (bicyclic) bond motifs is 2. The predicted molar refractivity (Wildman–Crippen MR) is 129 cm³/mol. The number of hydrogen-bond donors (Lipinski definition) is 2. The van der Waals surface area contributed by atoms with Gasteiger partial charge in [-0.2, -0.15) is 0 Å². The Hall–Kier alpha value is -3.24. The van der Waals surface area contributed by atoms with E-state index in [1.54, 1.807) is 6.20 Å². The highest BCUT2D eigenvalue weighted by Crippen LogP contribution is 2.50. The molecule has 1 aliphatic carbocycles. The van der Waals surface area contributed by atoms with Crippen LogP contribution in [0.5, 0.6) is 0 Å². The Labute approximate surface area is 198 Å². The zero-order chi connectivity index (χ0) is 22.7. The number of nitrogens with two attached hydrogens (primary N) is 1. The fourth-order valence-corrected chi connectivity index (χ4v) is 6.31. The monoisotopic (exact) mass is 478 g/mol. The van der Waals surface area contributed by atoms with E-state index < -0.39 is 0 Å². The summed E-state index contributed by atoms with van der Waals surface area (Å²) in [6.45, 7) is 3.11. The number of carbonyl (C=O) groups is 2. The van der Waals surface area contributed by atoms with Gasteiger partial charge in [-0.05, 0) is 30.7 Å². The van der Waals surface area contributed by atoms with Crippen molar-refractivity contribution in [1.29, 1.82) is 0 Å². The number of hydrogen-bond acceptors (Lipinski definition) is 7. The first-order chi connectivity index (χ1) is 16.0. The van der Waals surface area contributed by atoms with Crippen LogP contribution in [-0.2, 0) is 0 Å². The summed E-state index contributed by atoms with van der Waals surface area (Å²) in [6.07, 6.45) is 4.70. The normalized spacial score (nSPS) is 21.4. The number of aromatic nitrogens is 3. The van der Waals surface area contributed by atoms with E-state index in [-0.39, 0.29) is 17.9 Å². The van der Waals surface area contributed by atoms with Gasteiger partial charge in [0, 0.05) is 30.9 Å². The molecule has 33 heavy (non-hydrogen) atoms. The van der Waals surface area contributed by atoms with E-state index in [4.69, 9.17) is 5.73 Å². The highest BCUT2D eigenvalue weighted by Gasteiger charge is 2.54. The Morgan fingerprint density at radius 3 is 3.00 bits per heavy atom. The number of aryl methyl sites for hydroxylation is 1. The van der Waals surface area contributed by atoms with Gasteiger partial charge in [-0.25, -0.2) is 9.97 Å². The van der Waals surface area contributed by atoms with Crippen LogP contribution in [0.1, 0.15) is 33.0 Å². The Kier molecular flexibility index (Phi) is 4.73. The summed E-state index contributed by atoms with van der Waals surface area (Å²) in [5.74, 6) is 0.569. The molecule has 4 aromatic rings. The summed E-state index contributed by atoms with van der Waals surface area (Å²) in [5.41, 5.74) is 8.86. The number of piperidine rings is 1. The number of rotatable bonds is 5. The minimum Gasteiger partial charge on any atom is -0.375 e. The quantitative estimate of drug-likeness (QED) is 0.458. The number of anilines is 1. The second-order valence-corrected chi connectivity index (χ2v) is 10.6. The van der Waals surface area contributed by atoms with Crippen molar-refractivity contribution in [2.45, 2.75) is 19.4 Å². The van der Waals surface area contributed by atoms with Crippen LogP contribution >= 0.6 is 22.7 Å². The molecule has 0 radical (unpaired) electrons. The van der Waals surface area contributed by atoms with Crippen molar-refractivity contribution in [3.05, 3.63) is 59.0 Å². The number of likely N-dealkylation sites (tertiary alicyclic amines) is 1. The molecule has 2 aliphatic rings. The lowest BCUT2D eigenvalue weighted by atomic mass is 10.1. The number of thiazole rings is 2. The highest BCUT2D eigenvalue weighted by molar-refractivity contribution is 7.19. The molecule has 3 atom stereocenters. The van der Waals surface area contributed by atoms with Crippen LogP contribution in [0, 0.1) is 18.8 Å². The van der Waals surface area contributed by atoms with Gasteiger partial charge in [-0.15, -0.1) is 11.3 Å². The van der Waals surface area contributed by atoms with Gasteiger partial charge >= 0.3 is 0 Å². The summed E-state index contributed by atoms with van der Waals surface area (Å²) in [4.78, 5) is 38.5.